The van der Waals surface area contributed by atoms with Crippen LogP contribution in [0.25, 0.3) is 0 Å². The van der Waals surface area contributed by atoms with Crippen molar-refractivity contribution in [3.63, 3.8) is 0 Å². The van der Waals surface area contributed by atoms with Crippen molar-refractivity contribution in [1.29, 1.82) is 0 Å². The molecule has 140 valence electrons. The van der Waals surface area contributed by atoms with Gasteiger partial charge in [-0.25, -0.2) is 4.39 Å². The predicted octanol–water partition coefficient (Wildman–Crippen LogP) is 3.35. The molecule has 3 nitrogen and oxygen atoms in total. The maximum atomic E-state index is 13.0. The van der Waals surface area contributed by atoms with Gasteiger partial charge in [0.05, 0.1) is 6.54 Å². The first-order chi connectivity index (χ1) is 12.5. The molecule has 0 spiro atoms. The zero-order valence-electron chi connectivity index (χ0n) is 15.8. The number of allylic oxidation sites excluding steroid dienone is 2. The van der Waals surface area contributed by atoms with Crippen LogP contribution in [0.3, 0.4) is 0 Å². The minimum Gasteiger partial charge on any atom is -0.462 e. The number of hydrogen-bond acceptors (Lipinski definition) is 2. The Labute approximate surface area is 155 Å². The predicted molar refractivity (Wildman–Crippen MR) is 97.6 cm³/mol. The van der Waals surface area contributed by atoms with Crippen molar-refractivity contribution in [2.75, 3.05) is 6.54 Å². The summed E-state index contributed by atoms with van der Waals surface area (Å²) in [6, 6.07) is 6.60. The van der Waals surface area contributed by atoms with E-state index in [-0.39, 0.29) is 29.2 Å². The highest BCUT2D eigenvalue weighted by atomic mass is 19.1. The van der Waals surface area contributed by atoms with Crippen LogP contribution in [0.5, 0.6) is 0 Å². The van der Waals surface area contributed by atoms with E-state index in [1.54, 1.807) is 11.1 Å². The second kappa shape index (κ2) is 6.80. The van der Waals surface area contributed by atoms with E-state index in [1.165, 1.54) is 31.4 Å². The monoisotopic (exact) mass is 358 g/mol. The first-order valence-electron chi connectivity index (χ1n) is 9.92. The number of carbonyl (C=O) groups excluding carboxylic acids is 1. The Kier molecular flexibility index (Phi) is 4.64. The van der Waals surface area contributed by atoms with Gasteiger partial charge in [-0.05, 0) is 56.6 Å². The number of benzene rings is 1. The van der Waals surface area contributed by atoms with Gasteiger partial charge in [0.1, 0.15) is 24.4 Å². The molecule has 2 aliphatic carbocycles. The molecule has 4 rings (SSSR count). The van der Waals surface area contributed by atoms with Crippen LogP contribution in [0, 0.1) is 23.1 Å². The molecular formula is C22H29FNO2+. The van der Waals surface area contributed by atoms with Crippen molar-refractivity contribution in [3.05, 3.63) is 46.8 Å². The fraction of sp³-hybridized carbons (Fsp3) is 0.591. The fourth-order valence-corrected chi connectivity index (χ4v) is 5.43. The van der Waals surface area contributed by atoms with Crippen LogP contribution in [0.4, 0.5) is 4.39 Å². The van der Waals surface area contributed by atoms with E-state index in [0.717, 1.165) is 31.5 Å². The first-order valence-corrected chi connectivity index (χ1v) is 9.92. The van der Waals surface area contributed by atoms with Crippen molar-refractivity contribution in [1.82, 2.24) is 0 Å². The Morgan fingerprint density at radius 2 is 2.08 bits per heavy atom. The van der Waals surface area contributed by atoms with E-state index in [4.69, 9.17) is 4.74 Å². The highest BCUT2D eigenvalue weighted by molar-refractivity contribution is 5.75. The van der Waals surface area contributed by atoms with Gasteiger partial charge in [0.15, 0.2) is 0 Å². The fourth-order valence-electron chi connectivity index (χ4n) is 5.43. The van der Waals surface area contributed by atoms with Crippen LogP contribution in [0.15, 0.2) is 35.4 Å². The topological polar surface area (TPSA) is 42.9 Å². The lowest BCUT2D eigenvalue weighted by molar-refractivity contribution is -0.675. The lowest BCUT2D eigenvalue weighted by Gasteiger charge is -2.45. The normalized spacial score (nSPS) is 33.7. The Morgan fingerprint density at radius 1 is 1.31 bits per heavy atom. The first kappa shape index (κ1) is 17.7. The van der Waals surface area contributed by atoms with Crippen LogP contribution in [0.2, 0.25) is 0 Å². The van der Waals surface area contributed by atoms with Gasteiger partial charge in [0.2, 0.25) is 0 Å². The molecule has 1 aromatic rings. The van der Waals surface area contributed by atoms with Crippen molar-refractivity contribution in [2.45, 2.75) is 58.6 Å². The summed E-state index contributed by atoms with van der Waals surface area (Å²) in [6.07, 6.45) is 5.79. The van der Waals surface area contributed by atoms with Crippen LogP contribution in [-0.4, -0.2) is 18.6 Å². The lowest BCUT2D eigenvalue weighted by Crippen LogP contribution is -2.84. The van der Waals surface area contributed by atoms with Gasteiger partial charge >= 0.3 is 5.97 Å². The third-order valence-corrected chi connectivity index (χ3v) is 6.89. The van der Waals surface area contributed by atoms with Gasteiger partial charge in [-0.1, -0.05) is 30.2 Å². The molecule has 26 heavy (non-hydrogen) atoms. The van der Waals surface area contributed by atoms with Crippen LogP contribution in [-0.2, 0) is 16.1 Å². The molecule has 1 saturated heterocycles. The molecule has 3 aliphatic rings. The molecule has 0 aromatic heterocycles. The van der Waals surface area contributed by atoms with Crippen LogP contribution < -0.4 is 5.32 Å². The number of nitrogens with two attached hydrogens (primary N) is 1. The van der Waals surface area contributed by atoms with Gasteiger partial charge in [0.25, 0.3) is 0 Å². The molecule has 2 N–H and O–H groups in total. The van der Waals surface area contributed by atoms with E-state index in [9.17, 15) is 9.18 Å². The van der Waals surface area contributed by atoms with E-state index >= 15 is 0 Å². The number of esters is 1. The molecule has 0 amide bonds. The molecule has 4 heteroatoms. The van der Waals surface area contributed by atoms with Gasteiger partial charge in [0, 0.05) is 11.5 Å². The second-order valence-electron chi connectivity index (χ2n) is 8.68. The van der Waals surface area contributed by atoms with E-state index < -0.39 is 0 Å². The SMILES string of the molecule is CC1=C2C[C@H]3[C@@H](C[C@@]2(C)CCC1)OC(=O)[C@@H]3C[NH2+]Cc1ccc(F)cc1. The number of quaternary nitrogens is 1. The summed E-state index contributed by atoms with van der Waals surface area (Å²) >= 11 is 0. The summed E-state index contributed by atoms with van der Waals surface area (Å²) in [5, 5.41) is 2.16. The zero-order chi connectivity index (χ0) is 18.3. The number of ether oxygens (including phenoxy) is 1. The summed E-state index contributed by atoms with van der Waals surface area (Å²) in [5.74, 6) is 0.0727. The Morgan fingerprint density at radius 3 is 2.85 bits per heavy atom. The molecule has 1 heterocycles. The maximum absolute atomic E-state index is 13.0. The Balaban J connectivity index is 1.43. The van der Waals surface area contributed by atoms with Crippen molar-refractivity contribution >= 4 is 5.97 Å². The smallest absolute Gasteiger partial charge is 0.315 e. The average Bonchev–Trinajstić information content (AvgIpc) is 2.89. The summed E-state index contributed by atoms with van der Waals surface area (Å²) in [5.41, 5.74) is 4.46. The second-order valence-corrected chi connectivity index (χ2v) is 8.68. The van der Waals surface area contributed by atoms with Gasteiger partial charge in [-0.15, -0.1) is 0 Å². The molecule has 0 radical (unpaired) electrons. The highest BCUT2D eigenvalue weighted by Gasteiger charge is 2.53. The minimum atomic E-state index is -0.211. The summed E-state index contributed by atoms with van der Waals surface area (Å²) in [4.78, 5) is 12.5. The minimum absolute atomic E-state index is 0.0177. The quantitative estimate of drug-likeness (QED) is 0.663. The lowest BCUT2D eigenvalue weighted by atomic mass is 9.59. The zero-order valence-corrected chi connectivity index (χ0v) is 15.8. The largest absolute Gasteiger partial charge is 0.462 e. The van der Waals surface area contributed by atoms with E-state index in [0.29, 0.717) is 5.92 Å². The number of carbonyl (C=O) groups is 1. The number of rotatable bonds is 4. The number of halogens is 1. The third-order valence-electron chi connectivity index (χ3n) is 6.89. The van der Waals surface area contributed by atoms with Crippen molar-refractivity contribution in [2.24, 2.45) is 17.3 Å². The number of fused-ring (bicyclic) bond motifs is 2. The van der Waals surface area contributed by atoms with Crippen molar-refractivity contribution in [3.8, 4) is 0 Å². The third kappa shape index (κ3) is 3.20. The molecule has 1 aromatic carbocycles. The summed E-state index contributed by atoms with van der Waals surface area (Å²) in [7, 11) is 0. The average molecular weight is 358 g/mol. The molecule has 1 saturated carbocycles. The Bertz CT molecular complexity index is 726. The standard InChI is InChI=1S/C22H28FNO2/c1-14-4-3-9-22(2)11-20-17(10-19(14)22)18(21(25)26-20)13-24-12-15-5-7-16(23)8-6-15/h5-8,17-18,20,24H,3-4,9-13H2,1-2H3/p+1/t17-,18-,20-,22-/m1/s1. The number of hydrogen-bond donors (Lipinski definition) is 1. The molecular weight excluding hydrogens is 329 g/mol. The highest BCUT2D eigenvalue weighted by Crippen LogP contribution is 2.54. The summed E-state index contributed by atoms with van der Waals surface area (Å²) in [6.45, 7) is 6.16. The molecule has 0 bridgehead atoms. The van der Waals surface area contributed by atoms with Gasteiger partial charge in [-0.3, -0.25) is 4.79 Å². The van der Waals surface area contributed by atoms with Crippen LogP contribution in [0.1, 0.15) is 51.5 Å². The van der Waals surface area contributed by atoms with Crippen molar-refractivity contribution < 1.29 is 19.2 Å². The van der Waals surface area contributed by atoms with Gasteiger partial charge < -0.3 is 10.1 Å². The van der Waals surface area contributed by atoms with E-state index in [1.807, 2.05) is 12.1 Å². The summed E-state index contributed by atoms with van der Waals surface area (Å²) < 4.78 is 18.8. The van der Waals surface area contributed by atoms with E-state index in [2.05, 4.69) is 19.2 Å². The van der Waals surface area contributed by atoms with Gasteiger partial charge in [-0.2, -0.15) is 0 Å². The molecule has 2 fully saturated rings. The Hall–Kier alpha value is -1.68. The van der Waals surface area contributed by atoms with Crippen LogP contribution >= 0.6 is 0 Å². The molecule has 0 unspecified atom stereocenters. The molecule has 4 atom stereocenters. The molecule has 1 aliphatic heterocycles. The maximum Gasteiger partial charge on any atom is 0.315 e.